The molecule has 0 atom stereocenters. The zero-order valence-corrected chi connectivity index (χ0v) is 8.67. The van der Waals surface area contributed by atoms with E-state index in [9.17, 15) is 9.59 Å². The minimum atomic E-state index is -0.675. The summed E-state index contributed by atoms with van der Waals surface area (Å²) in [4.78, 5) is 21.8. The summed E-state index contributed by atoms with van der Waals surface area (Å²) in [6, 6.07) is 8.58. The molecule has 1 aromatic carbocycles. The number of benzene rings is 1. The largest absolute Gasteiger partial charge is 0.466 e. The average Bonchev–Trinajstić information content (AvgIpc) is 2.30. The Morgan fingerprint density at radius 1 is 1.25 bits per heavy atom. The Morgan fingerprint density at radius 3 is 2.56 bits per heavy atom. The van der Waals surface area contributed by atoms with Gasteiger partial charge in [-0.15, -0.1) is 0 Å². The molecule has 1 N–H and O–H groups in total. The van der Waals surface area contributed by atoms with Crippen molar-refractivity contribution in [2.45, 2.75) is 0 Å². The SMILES string of the molecule is COC(=O)/C=C\NC(=O)Oc1ccccc1. The van der Waals surface area contributed by atoms with Crippen LogP contribution in [0.25, 0.3) is 0 Å². The Kier molecular flexibility index (Phi) is 4.59. The lowest BCUT2D eigenvalue weighted by Gasteiger charge is -2.02. The van der Waals surface area contributed by atoms with Gasteiger partial charge < -0.3 is 9.47 Å². The molecule has 0 aliphatic heterocycles. The standard InChI is InChI=1S/C11H11NO4/c1-15-10(13)7-8-12-11(14)16-9-5-3-2-4-6-9/h2-8H,1H3,(H,12,14)/b8-7-. The summed E-state index contributed by atoms with van der Waals surface area (Å²) in [5.74, 6) is -0.133. The number of hydrogen-bond donors (Lipinski definition) is 1. The van der Waals surface area contributed by atoms with Crippen LogP contribution in [0.4, 0.5) is 4.79 Å². The van der Waals surface area contributed by atoms with E-state index in [0.717, 1.165) is 12.3 Å². The van der Waals surface area contributed by atoms with Crippen LogP contribution in [0.2, 0.25) is 0 Å². The number of carbonyl (C=O) groups excluding carboxylic acids is 2. The predicted octanol–water partition coefficient (Wildman–Crippen LogP) is 1.46. The van der Waals surface area contributed by atoms with Crippen molar-refractivity contribution in [3.05, 3.63) is 42.6 Å². The van der Waals surface area contributed by atoms with E-state index in [-0.39, 0.29) is 0 Å². The quantitative estimate of drug-likeness (QED) is 0.620. The maximum atomic E-state index is 11.1. The van der Waals surface area contributed by atoms with Crippen LogP contribution >= 0.6 is 0 Å². The molecular formula is C11H11NO4. The van der Waals surface area contributed by atoms with E-state index >= 15 is 0 Å². The summed E-state index contributed by atoms with van der Waals surface area (Å²) in [7, 11) is 1.25. The minimum Gasteiger partial charge on any atom is -0.466 e. The van der Waals surface area contributed by atoms with Crippen LogP contribution in [0, 0.1) is 0 Å². The Hall–Kier alpha value is -2.30. The molecule has 0 heterocycles. The molecule has 0 aliphatic carbocycles. The highest BCUT2D eigenvalue weighted by molar-refractivity contribution is 5.82. The van der Waals surface area contributed by atoms with Crippen molar-refractivity contribution in [2.24, 2.45) is 0 Å². The molecule has 0 saturated heterocycles. The number of ether oxygens (including phenoxy) is 2. The van der Waals surface area contributed by atoms with Crippen molar-refractivity contribution in [1.82, 2.24) is 5.32 Å². The lowest BCUT2D eigenvalue weighted by atomic mass is 10.3. The molecule has 0 bridgehead atoms. The van der Waals surface area contributed by atoms with E-state index in [2.05, 4.69) is 10.1 Å². The molecular weight excluding hydrogens is 210 g/mol. The molecule has 0 fully saturated rings. The van der Waals surface area contributed by atoms with Crippen molar-refractivity contribution < 1.29 is 19.1 Å². The Balaban J connectivity index is 2.37. The first-order valence-corrected chi connectivity index (χ1v) is 4.50. The Morgan fingerprint density at radius 2 is 1.94 bits per heavy atom. The van der Waals surface area contributed by atoms with Gasteiger partial charge in [-0.25, -0.2) is 9.59 Å². The highest BCUT2D eigenvalue weighted by Crippen LogP contribution is 2.07. The number of nitrogens with one attached hydrogen (secondary N) is 1. The van der Waals surface area contributed by atoms with Gasteiger partial charge in [-0.05, 0) is 12.1 Å². The van der Waals surface area contributed by atoms with E-state index in [1.807, 2.05) is 6.07 Å². The fourth-order valence-electron chi connectivity index (χ4n) is 0.871. The first-order valence-electron chi connectivity index (χ1n) is 4.50. The molecule has 0 aromatic heterocycles. The van der Waals surface area contributed by atoms with Gasteiger partial charge in [0.2, 0.25) is 0 Å². The number of methoxy groups -OCH3 is 1. The van der Waals surface area contributed by atoms with E-state index in [1.54, 1.807) is 24.3 Å². The number of rotatable bonds is 3. The second-order valence-electron chi connectivity index (χ2n) is 2.70. The van der Waals surface area contributed by atoms with Crippen LogP contribution in [-0.2, 0) is 9.53 Å². The summed E-state index contributed by atoms with van der Waals surface area (Å²) in [6.45, 7) is 0. The zero-order valence-electron chi connectivity index (χ0n) is 8.67. The smallest absolute Gasteiger partial charge is 0.416 e. The Bertz CT molecular complexity index is 386. The van der Waals surface area contributed by atoms with Crippen LogP contribution in [0.5, 0.6) is 5.75 Å². The number of amides is 1. The summed E-state index contributed by atoms with van der Waals surface area (Å²) in [5.41, 5.74) is 0. The van der Waals surface area contributed by atoms with Gasteiger partial charge >= 0.3 is 12.1 Å². The molecule has 0 radical (unpaired) electrons. The molecule has 16 heavy (non-hydrogen) atoms. The van der Waals surface area contributed by atoms with Gasteiger partial charge in [0.15, 0.2) is 0 Å². The van der Waals surface area contributed by atoms with Crippen LogP contribution in [0.3, 0.4) is 0 Å². The number of carbonyl (C=O) groups is 2. The topological polar surface area (TPSA) is 64.6 Å². The third kappa shape index (κ3) is 4.28. The number of esters is 1. The lowest BCUT2D eigenvalue weighted by molar-refractivity contribution is -0.134. The molecule has 84 valence electrons. The molecule has 0 saturated carbocycles. The van der Waals surface area contributed by atoms with E-state index in [1.165, 1.54) is 7.11 Å². The molecule has 1 aromatic rings. The van der Waals surface area contributed by atoms with Gasteiger partial charge in [0.1, 0.15) is 5.75 Å². The second-order valence-corrected chi connectivity index (χ2v) is 2.70. The zero-order chi connectivity index (χ0) is 11.8. The van der Waals surface area contributed by atoms with E-state index < -0.39 is 12.1 Å². The fraction of sp³-hybridized carbons (Fsp3) is 0.0909. The Labute approximate surface area is 92.7 Å². The van der Waals surface area contributed by atoms with Gasteiger partial charge in [-0.1, -0.05) is 18.2 Å². The van der Waals surface area contributed by atoms with Crippen molar-refractivity contribution in [1.29, 1.82) is 0 Å². The average molecular weight is 221 g/mol. The molecule has 1 amide bonds. The highest BCUT2D eigenvalue weighted by Gasteiger charge is 2.00. The minimum absolute atomic E-state index is 0.423. The van der Waals surface area contributed by atoms with Crippen molar-refractivity contribution in [2.75, 3.05) is 7.11 Å². The van der Waals surface area contributed by atoms with Crippen molar-refractivity contribution in [3.8, 4) is 5.75 Å². The third-order valence-corrected chi connectivity index (χ3v) is 1.58. The summed E-state index contributed by atoms with van der Waals surface area (Å²) >= 11 is 0. The molecule has 0 aliphatic rings. The number of hydrogen-bond acceptors (Lipinski definition) is 4. The van der Waals surface area contributed by atoms with E-state index in [4.69, 9.17) is 4.74 Å². The highest BCUT2D eigenvalue weighted by atomic mass is 16.6. The maximum Gasteiger partial charge on any atom is 0.416 e. The predicted molar refractivity (Wildman–Crippen MR) is 56.8 cm³/mol. The van der Waals surface area contributed by atoms with Gasteiger partial charge in [0, 0.05) is 12.3 Å². The molecule has 5 nitrogen and oxygen atoms in total. The van der Waals surface area contributed by atoms with E-state index in [0.29, 0.717) is 5.75 Å². The fourth-order valence-corrected chi connectivity index (χ4v) is 0.871. The molecule has 5 heteroatoms. The van der Waals surface area contributed by atoms with Crippen LogP contribution in [-0.4, -0.2) is 19.2 Å². The third-order valence-electron chi connectivity index (χ3n) is 1.58. The molecule has 0 spiro atoms. The lowest BCUT2D eigenvalue weighted by Crippen LogP contribution is -2.21. The van der Waals surface area contributed by atoms with Crippen LogP contribution < -0.4 is 10.1 Å². The van der Waals surface area contributed by atoms with Gasteiger partial charge in [-0.3, -0.25) is 5.32 Å². The van der Waals surface area contributed by atoms with Crippen molar-refractivity contribution in [3.63, 3.8) is 0 Å². The molecule has 1 rings (SSSR count). The second kappa shape index (κ2) is 6.23. The first kappa shape index (κ1) is 11.8. The van der Waals surface area contributed by atoms with Gasteiger partial charge in [0.05, 0.1) is 7.11 Å². The normalized spacial score (nSPS) is 9.81. The van der Waals surface area contributed by atoms with Gasteiger partial charge in [0.25, 0.3) is 0 Å². The number of para-hydroxylation sites is 1. The van der Waals surface area contributed by atoms with Crippen LogP contribution in [0.1, 0.15) is 0 Å². The van der Waals surface area contributed by atoms with Gasteiger partial charge in [-0.2, -0.15) is 0 Å². The van der Waals surface area contributed by atoms with Crippen LogP contribution in [0.15, 0.2) is 42.6 Å². The van der Waals surface area contributed by atoms with Crippen molar-refractivity contribution >= 4 is 12.1 Å². The summed E-state index contributed by atoms with van der Waals surface area (Å²) in [6.07, 6.45) is 1.55. The summed E-state index contributed by atoms with van der Waals surface area (Å²) in [5, 5.41) is 2.25. The monoisotopic (exact) mass is 221 g/mol. The first-order chi connectivity index (χ1) is 7.72. The summed E-state index contributed by atoms with van der Waals surface area (Å²) < 4.78 is 9.21. The molecule has 0 unspecified atom stereocenters. The maximum absolute atomic E-state index is 11.1.